The van der Waals surface area contributed by atoms with Crippen molar-refractivity contribution in [2.24, 2.45) is 0 Å². The van der Waals surface area contributed by atoms with Gasteiger partial charge >= 0.3 is 13.8 Å². The molecule has 0 saturated heterocycles. The summed E-state index contributed by atoms with van der Waals surface area (Å²) >= 11 is 0. The Morgan fingerprint density at radius 1 is 0.675 bits per heavy atom. The number of hydrogen-bond donors (Lipinski definition) is 3. The van der Waals surface area contributed by atoms with Crippen molar-refractivity contribution in [1.29, 1.82) is 0 Å². The first-order valence-electron chi connectivity index (χ1n) is 16.0. The number of esters is 1. The van der Waals surface area contributed by atoms with Crippen LogP contribution in [-0.4, -0.2) is 54.3 Å². The van der Waals surface area contributed by atoms with Gasteiger partial charge in [0, 0.05) is 19.4 Å². The zero-order chi connectivity index (χ0) is 29.7. The van der Waals surface area contributed by atoms with Crippen LogP contribution in [0.25, 0.3) is 0 Å². The molecule has 0 aliphatic heterocycles. The Hall–Kier alpha value is -0.990. The van der Waals surface area contributed by atoms with Crippen molar-refractivity contribution in [3.8, 4) is 0 Å². The maximum Gasteiger partial charge on any atom is 0.472 e. The number of nitrogens with one attached hydrogen (secondary N) is 1. The molecular weight excluding hydrogens is 533 g/mol. The molecule has 0 saturated carbocycles. The summed E-state index contributed by atoms with van der Waals surface area (Å²) in [6.07, 6.45) is 22.1. The van der Waals surface area contributed by atoms with E-state index in [1.807, 2.05) is 0 Å². The van der Waals surface area contributed by atoms with Crippen LogP contribution in [0.4, 0.5) is 0 Å². The molecule has 10 heteroatoms. The van der Waals surface area contributed by atoms with Crippen LogP contribution in [0.5, 0.6) is 0 Å². The summed E-state index contributed by atoms with van der Waals surface area (Å²) in [4.78, 5) is 33.3. The van der Waals surface area contributed by atoms with E-state index in [2.05, 4.69) is 19.2 Å². The molecule has 2 atom stereocenters. The number of ether oxygens (including phenoxy) is 1. The molecule has 0 aliphatic rings. The maximum absolute atomic E-state index is 11.9. The monoisotopic (exact) mass is 593 g/mol. The first kappa shape index (κ1) is 39.0. The third kappa shape index (κ3) is 28.5. The topological polar surface area (TPSA) is 131 Å². The Morgan fingerprint density at radius 2 is 1.12 bits per heavy atom. The van der Waals surface area contributed by atoms with Gasteiger partial charge in [0.05, 0.1) is 13.2 Å². The molecule has 0 bridgehead atoms. The van der Waals surface area contributed by atoms with Crippen LogP contribution in [0.15, 0.2) is 0 Å². The van der Waals surface area contributed by atoms with Crippen LogP contribution in [-0.2, 0) is 27.9 Å². The van der Waals surface area contributed by atoms with Crippen molar-refractivity contribution < 1.29 is 37.9 Å². The van der Waals surface area contributed by atoms with Crippen LogP contribution in [0.1, 0.15) is 149 Å². The Morgan fingerprint density at radius 3 is 1.62 bits per heavy atom. The van der Waals surface area contributed by atoms with Gasteiger partial charge in [-0.2, -0.15) is 0 Å². The standard InChI is InChI=1S/C30H60NO8P/c1-3-5-7-9-10-11-12-13-14-15-16-17-19-21-23-30(34)37-26-28(32)27-39-40(35,36)38-25-24-31-29(33)22-20-18-8-6-4-2/h28,32H,3-27H2,1-2H3,(H,31,33)(H,35,36). The lowest BCUT2D eigenvalue weighted by Gasteiger charge is -2.15. The van der Waals surface area contributed by atoms with Crippen LogP contribution in [0.2, 0.25) is 0 Å². The number of hydrogen-bond acceptors (Lipinski definition) is 7. The molecule has 238 valence electrons. The lowest BCUT2D eigenvalue weighted by atomic mass is 10.0. The fourth-order valence-corrected chi connectivity index (χ4v) is 5.08. The van der Waals surface area contributed by atoms with Crippen molar-refractivity contribution in [1.82, 2.24) is 5.32 Å². The number of carbonyl (C=O) groups is 2. The smallest absolute Gasteiger partial charge is 0.463 e. The van der Waals surface area contributed by atoms with Gasteiger partial charge in [0.2, 0.25) is 5.91 Å². The van der Waals surface area contributed by atoms with E-state index in [9.17, 15) is 24.2 Å². The van der Waals surface area contributed by atoms with Gasteiger partial charge in [-0.3, -0.25) is 18.6 Å². The summed E-state index contributed by atoms with van der Waals surface area (Å²) in [7, 11) is -4.38. The van der Waals surface area contributed by atoms with Gasteiger partial charge in [-0.25, -0.2) is 4.57 Å². The van der Waals surface area contributed by atoms with Crippen molar-refractivity contribution in [3.63, 3.8) is 0 Å². The molecule has 0 fully saturated rings. The predicted octanol–water partition coefficient (Wildman–Crippen LogP) is 7.37. The fourth-order valence-electron chi connectivity index (χ4n) is 4.32. The van der Waals surface area contributed by atoms with Crippen molar-refractivity contribution in [2.45, 2.75) is 155 Å². The summed E-state index contributed by atoms with van der Waals surface area (Å²) in [6, 6.07) is 0. The number of carbonyl (C=O) groups excluding carboxylic acids is 2. The summed E-state index contributed by atoms with van der Waals surface area (Å²) in [6.45, 7) is 3.45. The number of unbranched alkanes of at least 4 members (excludes halogenated alkanes) is 17. The number of amides is 1. The summed E-state index contributed by atoms with van der Waals surface area (Å²) in [5, 5.41) is 12.5. The highest BCUT2D eigenvalue weighted by Crippen LogP contribution is 2.42. The van der Waals surface area contributed by atoms with Crippen LogP contribution in [0.3, 0.4) is 0 Å². The quantitative estimate of drug-likeness (QED) is 0.0447. The first-order valence-corrected chi connectivity index (χ1v) is 17.5. The average Bonchev–Trinajstić information content (AvgIpc) is 2.93. The number of rotatable bonds is 30. The average molecular weight is 594 g/mol. The van der Waals surface area contributed by atoms with Gasteiger partial charge < -0.3 is 20.1 Å². The zero-order valence-corrected chi connectivity index (χ0v) is 26.4. The largest absolute Gasteiger partial charge is 0.472 e. The molecule has 1 amide bonds. The van der Waals surface area contributed by atoms with E-state index in [0.29, 0.717) is 6.42 Å². The number of phosphoric acid groups is 1. The molecule has 0 aromatic rings. The minimum Gasteiger partial charge on any atom is -0.463 e. The van der Waals surface area contributed by atoms with Crippen molar-refractivity contribution in [3.05, 3.63) is 0 Å². The molecule has 0 aromatic heterocycles. The molecule has 3 N–H and O–H groups in total. The van der Waals surface area contributed by atoms with E-state index in [4.69, 9.17) is 13.8 Å². The zero-order valence-electron chi connectivity index (χ0n) is 25.5. The van der Waals surface area contributed by atoms with Crippen LogP contribution < -0.4 is 5.32 Å². The minimum absolute atomic E-state index is 0.0844. The SMILES string of the molecule is CCCCCCCCCCCCCCCCC(=O)OCC(O)COP(=O)(O)OCCNC(=O)CCCCCCC. The number of phosphoric ester groups is 1. The van der Waals surface area contributed by atoms with E-state index in [0.717, 1.165) is 51.4 Å². The van der Waals surface area contributed by atoms with E-state index in [1.54, 1.807) is 0 Å². The van der Waals surface area contributed by atoms with Gasteiger partial charge in [-0.15, -0.1) is 0 Å². The lowest BCUT2D eigenvalue weighted by Crippen LogP contribution is -2.27. The van der Waals surface area contributed by atoms with Gasteiger partial charge in [-0.1, -0.05) is 123 Å². The number of aliphatic hydroxyl groups is 1. The molecule has 40 heavy (non-hydrogen) atoms. The van der Waals surface area contributed by atoms with Gasteiger partial charge in [-0.05, 0) is 12.8 Å². The highest BCUT2D eigenvalue weighted by molar-refractivity contribution is 7.47. The highest BCUT2D eigenvalue weighted by Gasteiger charge is 2.23. The van der Waals surface area contributed by atoms with Crippen molar-refractivity contribution >= 4 is 19.7 Å². The minimum atomic E-state index is -4.38. The molecule has 2 unspecified atom stereocenters. The molecule has 9 nitrogen and oxygen atoms in total. The summed E-state index contributed by atoms with van der Waals surface area (Å²) in [5.74, 6) is -0.525. The number of aliphatic hydroxyl groups excluding tert-OH is 1. The first-order chi connectivity index (χ1) is 19.3. The van der Waals surface area contributed by atoms with E-state index >= 15 is 0 Å². The lowest BCUT2D eigenvalue weighted by molar-refractivity contribution is -0.147. The van der Waals surface area contributed by atoms with Gasteiger partial charge in [0.1, 0.15) is 12.7 Å². The predicted molar refractivity (Wildman–Crippen MR) is 160 cm³/mol. The normalized spacial score (nSPS) is 13.6. The fraction of sp³-hybridized carbons (Fsp3) is 0.933. The van der Waals surface area contributed by atoms with Crippen LogP contribution in [0, 0.1) is 0 Å². The van der Waals surface area contributed by atoms with E-state index in [1.165, 1.54) is 70.6 Å². The van der Waals surface area contributed by atoms with E-state index < -0.39 is 26.5 Å². The molecule has 0 heterocycles. The summed E-state index contributed by atoms with van der Waals surface area (Å²) in [5.41, 5.74) is 0. The van der Waals surface area contributed by atoms with Gasteiger partial charge in [0.15, 0.2) is 0 Å². The van der Waals surface area contributed by atoms with E-state index in [-0.39, 0.29) is 32.1 Å². The molecule has 0 rings (SSSR count). The molecule has 0 radical (unpaired) electrons. The molecule has 0 aromatic carbocycles. The second-order valence-electron chi connectivity index (χ2n) is 10.8. The second-order valence-corrected chi connectivity index (χ2v) is 12.2. The molecule has 0 aliphatic carbocycles. The Labute approximate surface area is 244 Å². The Balaban J connectivity index is 3.61. The molecule has 0 spiro atoms. The van der Waals surface area contributed by atoms with Crippen molar-refractivity contribution in [2.75, 3.05) is 26.4 Å². The Kier molecular flexibility index (Phi) is 27.4. The van der Waals surface area contributed by atoms with Gasteiger partial charge in [0.25, 0.3) is 0 Å². The second kappa shape index (κ2) is 28.1. The summed E-state index contributed by atoms with van der Waals surface area (Å²) < 4.78 is 26.5. The Bertz CT molecular complexity index is 649. The maximum atomic E-state index is 11.9. The third-order valence-corrected chi connectivity index (χ3v) is 7.77. The molecular formula is C30H60NO8P. The third-order valence-electron chi connectivity index (χ3n) is 6.79. The highest BCUT2D eigenvalue weighted by atomic mass is 31.2. The van der Waals surface area contributed by atoms with Crippen LogP contribution >= 0.6 is 7.82 Å².